The molecular weight excluding hydrogens is 364 g/mol. The Labute approximate surface area is 159 Å². The van der Waals surface area contributed by atoms with Crippen LogP contribution in [0.4, 0.5) is 25.0 Å². The molecule has 7 heteroatoms. The summed E-state index contributed by atoms with van der Waals surface area (Å²) >= 11 is 0. The van der Waals surface area contributed by atoms with Gasteiger partial charge in [-0.15, -0.1) is 0 Å². The molecule has 0 atom stereocenters. The number of urea groups is 1. The van der Waals surface area contributed by atoms with Crippen LogP contribution in [-0.4, -0.2) is 18.2 Å². The van der Waals surface area contributed by atoms with Crippen molar-refractivity contribution in [3.05, 3.63) is 95.6 Å². The summed E-state index contributed by atoms with van der Waals surface area (Å²) in [5, 5.41) is 4.30. The zero-order valence-corrected chi connectivity index (χ0v) is 14.5. The minimum Gasteiger partial charge on any atom is -0.308 e. The number of hydrogen-bond donors (Lipinski definition) is 2. The Morgan fingerprint density at radius 1 is 0.821 bits per heavy atom. The minimum absolute atomic E-state index is 0.387. The molecule has 0 aliphatic rings. The van der Waals surface area contributed by atoms with Crippen LogP contribution < -0.4 is 10.6 Å². The molecule has 0 radical (unpaired) electrons. The molecule has 0 fully saturated rings. The number of benzene rings is 3. The van der Waals surface area contributed by atoms with Gasteiger partial charge in [-0.3, -0.25) is 15.1 Å². The van der Waals surface area contributed by atoms with Crippen LogP contribution in [0.2, 0.25) is 0 Å². The maximum absolute atomic E-state index is 13.6. The molecule has 28 heavy (non-hydrogen) atoms. The fourth-order valence-corrected chi connectivity index (χ4v) is 2.36. The highest BCUT2D eigenvalue weighted by Gasteiger charge is 2.19. The van der Waals surface area contributed by atoms with E-state index < -0.39 is 29.1 Å². The average Bonchev–Trinajstić information content (AvgIpc) is 2.68. The lowest BCUT2D eigenvalue weighted by Gasteiger charge is -2.08. The number of imide groups is 1. The van der Waals surface area contributed by atoms with Gasteiger partial charge in [0.25, 0.3) is 5.91 Å². The average molecular weight is 379 g/mol. The number of nitrogens with zero attached hydrogens (tertiary/aromatic N) is 1. The van der Waals surface area contributed by atoms with E-state index in [2.05, 4.69) is 10.3 Å². The third-order valence-electron chi connectivity index (χ3n) is 3.70. The molecule has 0 spiro atoms. The fourth-order valence-electron chi connectivity index (χ4n) is 2.36. The van der Waals surface area contributed by atoms with Gasteiger partial charge in [0.1, 0.15) is 17.2 Å². The first-order chi connectivity index (χ1) is 13.5. The second-order valence-electron chi connectivity index (χ2n) is 5.72. The molecule has 0 unspecified atom stereocenters. The lowest BCUT2D eigenvalue weighted by atomic mass is 10.2. The Bertz CT molecular complexity index is 999. The molecule has 3 rings (SSSR count). The van der Waals surface area contributed by atoms with E-state index in [1.807, 2.05) is 35.6 Å². The third kappa shape index (κ3) is 4.85. The van der Waals surface area contributed by atoms with Crippen molar-refractivity contribution in [2.45, 2.75) is 0 Å². The summed E-state index contributed by atoms with van der Waals surface area (Å²) in [5.74, 6) is -3.27. The predicted octanol–water partition coefficient (Wildman–Crippen LogP) is 4.68. The number of amides is 3. The standard InChI is InChI=1S/C21H15F2N3O2/c22-17-7-4-8-18(23)19(17)20(27)26-21(28)25-16-11-9-15(10-12-16)24-13-14-5-2-1-3-6-14/h1-13H,(H2,25,26,27,28)/b24-13+. The predicted molar refractivity (Wildman–Crippen MR) is 103 cm³/mol. The van der Waals surface area contributed by atoms with Crippen LogP contribution in [0.1, 0.15) is 15.9 Å². The molecule has 0 saturated carbocycles. The van der Waals surface area contributed by atoms with E-state index in [-0.39, 0.29) is 0 Å². The van der Waals surface area contributed by atoms with Crippen molar-refractivity contribution < 1.29 is 18.4 Å². The lowest BCUT2D eigenvalue weighted by Crippen LogP contribution is -2.35. The molecular formula is C21H15F2N3O2. The number of rotatable bonds is 4. The summed E-state index contributed by atoms with van der Waals surface area (Å²) in [5.41, 5.74) is 1.18. The molecule has 3 amide bonds. The summed E-state index contributed by atoms with van der Waals surface area (Å²) in [6.45, 7) is 0. The Balaban J connectivity index is 1.60. The largest absolute Gasteiger partial charge is 0.326 e. The maximum atomic E-state index is 13.6. The quantitative estimate of drug-likeness (QED) is 0.647. The van der Waals surface area contributed by atoms with Crippen molar-refractivity contribution in [3.63, 3.8) is 0 Å². The van der Waals surface area contributed by atoms with Gasteiger partial charge in [-0.2, -0.15) is 0 Å². The first-order valence-corrected chi connectivity index (χ1v) is 8.28. The van der Waals surface area contributed by atoms with Crippen LogP contribution in [0, 0.1) is 11.6 Å². The Kier molecular flexibility index (Phi) is 5.86. The monoisotopic (exact) mass is 379 g/mol. The van der Waals surface area contributed by atoms with Gasteiger partial charge in [-0.05, 0) is 42.0 Å². The van der Waals surface area contributed by atoms with E-state index in [9.17, 15) is 18.4 Å². The van der Waals surface area contributed by atoms with Gasteiger partial charge in [0.15, 0.2) is 0 Å². The smallest absolute Gasteiger partial charge is 0.308 e. The van der Waals surface area contributed by atoms with Crippen molar-refractivity contribution in [3.8, 4) is 0 Å². The zero-order chi connectivity index (χ0) is 19.9. The number of hydrogen-bond acceptors (Lipinski definition) is 3. The third-order valence-corrected chi connectivity index (χ3v) is 3.70. The Morgan fingerprint density at radius 2 is 1.46 bits per heavy atom. The molecule has 3 aromatic rings. The van der Waals surface area contributed by atoms with Gasteiger partial charge >= 0.3 is 6.03 Å². The van der Waals surface area contributed by atoms with Crippen LogP contribution in [0.15, 0.2) is 77.8 Å². The number of anilines is 1. The molecule has 0 saturated heterocycles. The molecule has 2 N–H and O–H groups in total. The number of nitrogens with one attached hydrogen (secondary N) is 2. The highest BCUT2D eigenvalue weighted by Crippen LogP contribution is 2.17. The zero-order valence-electron chi connectivity index (χ0n) is 14.5. The van der Waals surface area contributed by atoms with Gasteiger partial charge in [-0.1, -0.05) is 36.4 Å². The lowest BCUT2D eigenvalue weighted by molar-refractivity contribution is 0.0959. The van der Waals surface area contributed by atoms with Crippen LogP contribution in [-0.2, 0) is 0 Å². The van der Waals surface area contributed by atoms with Crippen molar-refractivity contribution in [2.24, 2.45) is 4.99 Å². The molecule has 0 heterocycles. The molecule has 140 valence electrons. The maximum Gasteiger partial charge on any atom is 0.326 e. The second kappa shape index (κ2) is 8.68. The first kappa shape index (κ1) is 18.9. The summed E-state index contributed by atoms with van der Waals surface area (Å²) in [4.78, 5) is 28.1. The highest BCUT2D eigenvalue weighted by atomic mass is 19.1. The highest BCUT2D eigenvalue weighted by molar-refractivity contribution is 6.08. The fraction of sp³-hybridized carbons (Fsp3) is 0. The Hall–Kier alpha value is -3.87. The van der Waals surface area contributed by atoms with Crippen molar-refractivity contribution in [2.75, 3.05) is 5.32 Å². The van der Waals surface area contributed by atoms with Crippen molar-refractivity contribution >= 4 is 29.5 Å². The van der Waals surface area contributed by atoms with Gasteiger partial charge in [0, 0.05) is 11.9 Å². The SMILES string of the molecule is O=C(NC(=O)c1c(F)cccc1F)Nc1ccc(/N=C/c2ccccc2)cc1. The van der Waals surface area contributed by atoms with E-state index in [1.54, 1.807) is 30.5 Å². The number of aliphatic imine (C=N–C) groups is 1. The summed E-state index contributed by atoms with van der Waals surface area (Å²) < 4.78 is 27.1. The van der Waals surface area contributed by atoms with Crippen LogP contribution in [0.3, 0.4) is 0 Å². The molecule has 0 aromatic heterocycles. The summed E-state index contributed by atoms with van der Waals surface area (Å²) in [6.07, 6.45) is 1.71. The van der Waals surface area contributed by atoms with Gasteiger partial charge in [-0.25, -0.2) is 13.6 Å². The van der Waals surface area contributed by atoms with Crippen LogP contribution in [0.5, 0.6) is 0 Å². The molecule has 5 nitrogen and oxygen atoms in total. The minimum atomic E-state index is -1.17. The van der Waals surface area contributed by atoms with Gasteiger partial charge < -0.3 is 5.32 Å². The molecule has 0 aliphatic carbocycles. The summed E-state index contributed by atoms with van der Waals surface area (Å²) in [7, 11) is 0. The topological polar surface area (TPSA) is 70.6 Å². The molecule has 3 aromatic carbocycles. The molecule has 0 aliphatic heterocycles. The first-order valence-electron chi connectivity index (χ1n) is 8.28. The number of carbonyl (C=O) groups excluding carboxylic acids is 2. The van der Waals surface area contributed by atoms with E-state index in [0.29, 0.717) is 11.4 Å². The summed E-state index contributed by atoms with van der Waals surface area (Å²) in [6, 6.07) is 18.2. The van der Waals surface area contributed by atoms with Crippen molar-refractivity contribution in [1.29, 1.82) is 0 Å². The normalized spacial score (nSPS) is 10.6. The van der Waals surface area contributed by atoms with Crippen molar-refractivity contribution in [1.82, 2.24) is 5.32 Å². The van der Waals surface area contributed by atoms with Crippen LogP contribution >= 0.6 is 0 Å². The van der Waals surface area contributed by atoms with E-state index in [1.165, 1.54) is 0 Å². The van der Waals surface area contributed by atoms with Gasteiger partial charge in [0.2, 0.25) is 0 Å². The van der Waals surface area contributed by atoms with Crippen LogP contribution in [0.25, 0.3) is 0 Å². The molecule has 0 bridgehead atoms. The van der Waals surface area contributed by atoms with E-state index in [4.69, 9.17) is 0 Å². The van der Waals surface area contributed by atoms with Gasteiger partial charge in [0.05, 0.1) is 5.69 Å². The van der Waals surface area contributed by atoms with E-state index in [0.717, 1.165) is 23.8 Å². The number of halogens is 2. The second-order valence-corrected chi connectivity index (χ2v) is 5.72. The van der Waals surface area contributed by atoms with E-state index >= 15 is 0 Å². The number of carbonyl (C=O) groups is 2. The Morgan fingerprint density at radius 3 is 2.11 bits per heavy atom.